The molecule has 1 rings (SSSR count). The highest BCUT2D eigenvalue weighted by atomic mass is 32.2. The number of unbranched alkanes of at least 4 members (excludes halogenated alkanes) is 1. The summed E-state index contributed by atoms with van der Waals surface area (Å²) >= 11 is 0. The van der Waals surface area contributed by atoms with Gasteiger partial charge in [-0.25, -0.2) is 13.2 Å². The van der Waals surface area contributed by atoms with Crippen molar-refractivity contribution in [1.29, 1.82) is 0 Å². The van der Waals surface area contributed by atoms with E-state index in [0.717, 1.165) is 18.4 Å². The molecule has 0 saturated heterocycles. The molecular formula is C27H43N3O5S. The number of carbonyl (C=O) groups is 2. The van der Waals surface area contributed by atoms with Gasteiger partial charge < -0.3 is 20.7 Å². The van der Waals surface area contributed by atoms with Gasteiger partial charge in [0.05, 0.1) is 11.5 Å². The van der Waals surface area contributed by atoms with Gasteiger partial charge in [-0.3, -0.25) is 4.79 Å². The standard InChI is InChI=1S/C23H39N3O5S.2C2H2/c1-4-5-16-32(29,30)18-21(22(27)26(14-9-13-24)15-12-19(2)3)25-23(28)31-17-20-10-7-6-8-11-20;2*1-2/h6-8,10-11,19,21H,4-5,9,12-18,24H2,1-3H3,(H,25,28);2*1-2H/t21-;;/m1../s1. The van der Waals surface area contributed by atoms with Gasteiger partial charge in [0.15, 0.2) is 9.84 Å². The van der Waals surface area contributed by atoms with E-state index in [1.807, 2.05) is 37.3 Å². The fourth-order valence-electron chi connectivity index (χ4n) is 3.03. The molecular weight excluding hydrogens is 478 g/mol. The number of ether oxygens (including phenoxy) is 1. The van der Waals surface area contributed by atoms with Gasteiger partial charge in [0.1, 0.15) is 12.6 Å². The molecule has 0 bridgehead atoms. The topological polar surface area (TPSA) is 119 Å². The maximum atomic E-state index is 13.3. The van der Waals surface area contributed by atoms with Crippen molar-refractivity contribution in [3.63, 3.8) is 0 Å². The molecule has 0 heterocycles. The van der Waals surface area contributed by atoms with Gasteiger partial charge in [0.25, 0.3) is 0 Å². The van der Waals surface area contributed by atoms with Gasteiger partial charge >= 0.3 is 6.09 Å². The number of nitrogens with one attached hydrogen (secondary N) is 1. The van der Waals surface area contributed by atoms with Crippen LogP contribution in [0.15, 0.2) is 30.3 Å². The van der Waals surface area contributed by atoms with Gasteiger partial charge in [-0.1, -0.05) is 57.5 Å². The van der Waals surface area contributed by atoms with Crippen molar-refractivity contribution in [2.75, 3.05) is 31.1 Å². The van der Waals surface area contributed by atoms with Crippen LogP contribution in [-0.2, 0) is 26.0 Å². The molecule has 0 aliphatic rings. The summed E-state index contributed by atoms with van der Waals surface area (Å²) in [4.78, 5) is 27.3. The van der Waals surface area contributed by atoms with E-state index in [1.165, 1.54) is 0 Å². The average Bonchev–Trinajstić information content (AvgIpc) is 2.88. The Labute approximate surface area is 218 Å². The first kappa shape index (κ1) is 35.2. The third kappa shape index (κ3) is 16.6. The van der Waals surface area contributed by atoms with Crippen LogP contribution >= 0.6 is 0 Å². The molecule has 0 unspecified atom stereocenters. The Morgan fingerprint density at radius 1 is 1.06 bits per heavy atom. The van der Waals surface area contributed by atoms with Crippen LogP contribution in [0, 0.1) is 31.6 Å². The summed E-state index contributed by atoms with van der Waals surface area (Å²) in [6, 6.07) is 7.93. The van der Waals surface area contributed by atoms with Crippen LogP contribution in [-0.4, -0.2) is 62.5 Å². The summed E-state index contributed by atoms with van der Waals surface area (Å²) < 4.78 is 30.4. The molecule has 0 aliphatic carbocycles. The average molecular weight is 522 g/mol. The minimum absolute atomic E-state index is 0.0250. The number of benzene rings is 1. The zero-order valence-corrected chi connectivity index (χ0v) is 22.7. The van der Waals surface area contributed by atoms with E-state index in [9.17, 15) is 18.0 Å². The lowest BCUT2D eigenvalue weighted by Crippen LogP contribution is -2.52. The number of carbonyl (C=O) groups excluding carboxylic acids is 2. The number of nitrogens with zero attached hydrogens (tertiary/aromatic N) is 1. The lowest BCUT2D eigenvalue weighted by Gasteiger charge is -2.28. The largest absolute Gasteiger partial charge is 0.445 e. The summed E-state index contributed by atoms with van der Waals surface area (Å²) in [5.41, 5.74) is 6.41. The minimum Gasteiger partial charge on any atom is -0.445 e. The van der Waals surface area contributed by atoms with Crippen molar-refractivity contribution in [1.82, 2.24) is 10.2 Å². The molecule has 0 radical (unpaired) electrons. The fraction of sp³-hybridized carbons (Fsp3) is 0.556. The van der Waals surface area contributed by atoms with Crippen LogP contribution in [0.4, 0.5) is 4.79 Å². The molecule has 0 aromatic heterocycles. The second-order valence-electron chi connectivity index (χ2n) is 8.38. The van der Waals surface area contributed by atoms with Crippen LogP contribution in [0.1, 0.15) is 52.0 Å². The number of amides is 2. The molecule has 1 atom stereocenters. The number of terminal acetylenes is 2. The first-order chi connectivity index (χ1) is 17.2. The van der Waals surface area contributed by atoms with Crippen molar-refractivity contribution >= 4 is 21.8 Å². The number of hydrogen-bond acceptors (Lipinski definition) is 6. The lowest BCUT2D eigenvalue weighted by molar-refractivity contribution is -0.133. The van der Waals surface area contributed by atoms with E-state index < -0.39 is 33.6 Å². The predicted molar refractivity (Wildman–Crippen MR) is 147 cm³/mol. The second-order valence-corrected chi connectivity index (χ2v) is 10.6. The summed E-state index contributed by atoms with van der Waals surface area (Å²) in [5.74, 6) is -0.523. The summed E-state index contributed by atoms with van der Waals surface area (Å²) in [7, 11) is -3.53. The van der Waals surface area contributed by atoms with E-state index in [4.69, 9.17) is 10.5 Å². The van der Waals surface area contributed by atoms with Crippen LogP contribution in [0.25, 0.3) is 0 Å². The quantitative estimate of drug-likeness (QED) is 0.342. The minimum atomic E-state index is -3.53. The molecule has 0 fully saturated rings. The Morgan fingerprint density at radius 2 is 1.67 bits per heavy atom. The van der Waals surface area contributed by atoms with E-state index in [1.54, 1.807) is 4.90 Å². The van der Waals surface area contributed by atoms with Crippen LogP contribution in [0.2, 0.25) is 0 Å². The number of nitrogens with two attached hydrogens (primary N) is 1. The normalized spacial score (nSPS) is 11.1. The fourth-order valence-corrected chi connectivity index (χ4v) is 4.66. The molecule has 0 spiro atoms. The molecule has 9 heteroatoms. The molecule has 8 nitrogen and oxygen atoms in total. The van der Waals surface area contributed by atoms with Crippen molar-refractivity contribution < 1.29 is 22.7 Å². The highest BCUT2D eigenvalue weighted by molar-refractivity contribution is 7.91. The van der Waals surface area contributed by atoms with Crippen LogP contribution < -0.4 is 11.1 Å². The molecule has 1 aromatic rings. The maximum absolute atomic E-state index is 13.3. The Balaban J connectivity index is 0. The molecule has 202 valence electrons. The number of hydrogen-bond donors (Lipinski definition) is 2. The summed E-state index contributed by atoms with van der Waals surface area (Å²) in [5, 5.41) is 2.50. The maximum Gasteiger partial charge on any atom is 0.408 e. The number of sulfone groups is 1. The molecule has 36 heavy (non-hydrogen) atoms. The third-order valence-corrected chi connectivity index (χ3v) is 6.70. The zero-order chi connectivity index (χ0) is 28.0. The molecule has 0 saturated carbocycles. The number of alkyl carbamates (subject to hydrolysis) is 1. The Hall–Kier alpha value is -3.01. The smallest absolute Gasteiger partial charge is 0.408 e. The predicted octanol–water partition coefficient (Wildman–Crippen LogP) is 3.22. The Bertz CT molecular complexity index is 861. The van der Waals surface area contributed by atoms with Crippen molar-refractivity contribution in [2.24, 2.45) is 11.7 Å². The third-order valence-electron chi connectivity index (χ3n) is 4.95. The van der Waals surface area contributed by atoms with E-state index in [-0.39, 0.29) is 12.4 Å². The Kier molecular flexibility index (Phi) is 20.8. The van der Waals surface area contributed by atoms with E-state index in [0.29, 0.717) is 38.4 Å². The first-order valence-electron chi connectivity index (χ1n) is 12.0. The summed E-state index contributed by atoms with van der Waals surface area (Å²) in [6.07, 6.45) is 17.8. The van der Waals surface area contributed by atoms with Gasteiger partial charge in [-0.2, -0.15) is 0 Å². The highest BCUT2D eigenvalue weighted by Crippen LogP contribution is 2.09. The molecule has 0 aliphatic heterocycles. The van der Waals surface area contributed by atoms with Gasteiger partial charge in [-0.05, 0) is 37.3 Å². The lowest BCUT2D eigenvalue weighted by atomic mass is 10.1. The van der Waals surface area contributed by atoms with Crippen molar-refractivity contribution in [3.8, 4) is 25.7 Å². The zero-order valence-electron chi connectivity index (χ0n) is 21.9. The highest BCUT2D eigenvalue weighted by Gasteiger charge is 2.31. The van der Waals surface area contributed by atoms with Crippen LogP contribution in [0.5, 0.6) is 0 Å². The van der Waals surface area contributed by atoms with Crippen LogP contribution in [0.3, 0.4) is 0 Å². The molecule has 1 aromatic carbocycles. The van der Waals surface area contributed by atoms with E-state index >= 15 is 0 Å². The number of rotatable bonds is 15. The SMILES string of the molecule is C#C.C#C.CCCCS(=O)(=O)C[C@@H](NC(=O)OCc1ccccc1)C(=O)N(CCCN)CCC(C)C. The van der Waals surface area contributed by atoms with Gasteiger partial charge in [0, 0.05) is 13.1 Å². The monoisotopic (exact) mass is 521 g/mol. The van der Waals surface area contributed by atoms with Gasteiger partial charge in [0.2, 0.25) is 5.91 Å². The van der Waals surface area contributed by atoms with E-state index in [2.05, 4.69) is 44.9 Å². The molecule has 2 amide bonds. The van der Waals surface area contributed by atoms with Gasteiger partial charge in [-0.15, -0.1) is 25.7 Å². The first-order valence-corrected chi connectivity index (χ1v) is 13.8. The molecule has 3 N–H and O–H groups in total. The second kappa shape index (κ2) is 21.3. The van der Waals surface area contributed by atoms with Crippen molar-refractivity contribution in [3.05, 3.63) is 35.9 Å². The summed E-state index contributed by atoms with van der Waals surface area (Å²) in [6.45, 7) is 7.34. The Morgan fingerprint density at radius 3 is 2.19 bits per heavy atom. The van der Waals surface area contributed by atoms with Crippen molar-refractivity contribution in [2.45, 2.75) is 59.1 Å².